The summed E-state index contributed by atoms with van der Waals surface area (Å²) in [6.07, 6.45) is 3.94. The summed E-state index contributed by atoms with van der Waals surface area (Å²) < 4.78 is 0. The van der Waals surface area contributed by atoms with Crippen molar-refractivity contribution in [1.29, 1.82) is 0 Å². The van der Waals surface area contributed by atoms with Crippen molar-refractivity contribution < 1.29 is 5.11 Å². The zero-order valence-electron chi connectivity index (χ0n) is 10.2. The number of aliphatic imine (C=N–C) groups is 1. The summed E-state index contributed by atoms with van der Waals surface area (Å²) in [5, 5.41) is 15.1. The quantitative estimate of drug-likeness (QED) is 0.494. The maximum Gasteiger partial charge on any atom is 0.177 e. The molecule has 0 saturated heterocycles. The van der Waals surface area contributed by atoms with Crippen LogP contribution < -0.4 is 5.43 Å². The molecule has 0 unspecified atom stereocenters. The van der Waals surface area contributed by atoms with E-state index in [-0.39, 0.29) is 5.75 Å². The van der Waals surface area contributed by atoms with E-state index in [1.165, 1.54) is 6.42 Å². The van der Waals surface area contributed by atoms with Gasteiger partial charge in [-0.15, -0.1) is 0 Å². The number of nitrogens with zero attached hydrogens (tertiary/aromatic N) is 2. The van der Waals surface area contributed by atoms with E-state index in [1.54, 1.807) is 30.1 Å². The van der Waals surface area contributed by atoms with Gasteiger partial charge in [-0.05, 0) is 25.0 Å². The Morgan fingerprint density at radius 3 is 3.05 bits per heavy atom. The standard InChI is InChI=1S/C13H14BrN3OS/c14-9-5-6-10-12(9)19-13(16-10)17-15-7-8-3-1-2-4-11(8)18/h1-4,7,9-10,12,18H,5-6H2,(H,16,17)/b15-7-/t9-,10-,12+/m1/s1. The minimum atomic E-state index is 0.228. The van der Waals surface area contributed by atoms with Crippen LogP contribution in [0.25, 0.3) is 0 Å². The zero-order chi connectivity index (χ0) is 13.2. The molecule has 1 aliphatic heterocycles. The van der Waals surface area contributed by atoms with Crippen molar-refractivity contribution in [3.8, 4) is 5.75 Å². The lowest BCUT2D eigenvalue weighted by Crippen LogP contribution is -2.17. The van der Waals surface area contributed by atoms with E-state index in [9.17, 15) is 5.11 Å². The fraction of sp³-hybridized carbons (Fsp3) is 0.385. The first-order valence-electron chi connectivity index (χ1n) is 6.19. The molecule has 1 fully saturated rings. The van der Waals surface area contributed by atoms with Crippen molar-refractivity contribution in [3.05, 3.63) is 29.8 Å². The van der Waals surface area contributed by atoms with E-state index in [0.717, 1.165) is 11.6 Å². The number of rotatable bonds is 2. The molecule has 2 N–H and O–H groups in total. The van der Waals surface area contributed by atoms with Gasteiger partial charge in [0.15, 0.2) is 5.17 Å². The van der Waals surface area contributed by atoms with Crippen LogP contribution in [0.15, 0.2) is 34.4 Å². The number of phenolic OH excluding ortho intramolecular Hbond substituents is 1. The number of thioether (sulfide) groups is 1. The Morgan fingerprint density at radius 2 is 2.26 bits per heavy atom. The second-order valence-corrected chi connectivity index (χ2v) is 6.95. The summed E-state index contributed by atoms with van der Waals surface area (Å²) in [4.78, 5) is 5.17. The second kappa shape index (κ2) is 5.54. The molecule has 6 heteroatoms. The molecule has 1 heterocycles. The van der Waals surface area contributed by atoms with Crippen molar-refractivity contribution in [1.82, 2.24) is 5.43 Å². The number of para-hydroxylation sites is 1. The number of hydrogen-bond acceptors (Lipinski definition) is 5. The number of aromatic hydroxyl groups is 1. The predicted octanol–water partition coefficient (Wildman–Crippen LogP) is 2.71. The number of halogens is 1. The summed E-state index contributed by atoms with van der Waals surface area (Å²) in [5.74, 6) is 0.228. The van der Waals surface area contributed by atoms with Crippen molar-refractivity contribution in [2.45, 2.75) is 29.0 Å². The largest absolute Gasteiger partial charge is 0.507 e. The maximum absolute atomic E-state index is 9.61. The third-order valence-corrected chi connectivity index (χ3v) is 6.02. The molecule has 3 atom stereocenters. The van der Waals surface area contributed by atoms with Crippen molar-refractivity contribution >= 4 is 39.1 Å². The Bertz CT molecular complexity index is 534. The van der Waals surface area contributed by atoms with Gasteiger partial charge in [0, 0.05) is 15.6 Å². The molecule has 19 heavy (non-hydrogen) atoms. The molecule has 4 nitrogen and oxygen atoms in total. The van der Waals surface area contributed by atoms with Crippen LogP contribution in [0.5, 0.6) is 5.75 Å². The third-order valence-electron chi connectivity index (χ3n) is 3.31. The number of hydrazone groups is 1. The van der Waals surface area contributed by atoms with Crippen molar-refractivity contribution in [3.63, 3.8) is 0 Å². The summed E-state index contributed by atoms with van der Waals surface area (Å²) in [6.45, 7) is 0. The second-order valence-electron chi connectivity index (χ2n) is 4.61. The molecule has 1 aromatic rings. The van der Waals surface area contributed by atoms with Gasteiger partial charge in [0.1, 0.15) is 5.75 Å². The topological polar surface area (TPSA) is 57.0 Å². The minimum absolute atomic E-state index is 0.228. The highest BCUT2D eigenvalue weighted by Gasteiger charge is 2.40. The number of fused-ring (bicyclic) bond motifs is 1. The van der Waals surface area contributed by atoms with Crippen molar-refractivity contribution in [2.24, 2.45) is 10.1 Å². The van der Waals surface area contributed by atoms with Crippen LogP contribution >= 0.6 is 27.7 Å². The summed E-state index contributed by atoms with van der Waals surface area (Å²) in [7, 11) is 0. The van der Waals surface area contributed by atoms with Crippen LogP contribution in [-0.2, 0) is 0 Å². The summed E-state index contributed by atoms with van der Waals surface area (Å²) in [5.41, 5.74) is 3.65. The number of alkyl halides is 1. The number of nitrogens with one attached hydrogen (secondary N) is 1. The Balaban J connectivity index is 1.61. The highest BCUT2D eigenvalue weighted by molar-refractivity contribution is 9.09. The molecule has 1 aliphatic carbocycles. The lowest BCUT2D eigenvalue weighted by Gasteiger charge is -2.09. The van der Waals surface area contributed by atoms with E-state index in [0.29, 0.717) is 21.7 Å². The normalized spacial score (nSPS) is 29.5. The maximum atomic E-state index is 9.61. The van der Waals surface area contributed by atoms with E-state index < -0.39 is 0 Å². The molecule has 100 valence electrons. The van der Waals surface area contributed by atoms with Crippen molar-refractivity contribution in [2.75, 3.05) is 0 Å². The van der Waals surface area contributed by atoms with Gasteiger partial charge in [0.25, 0.3) is 0 Å². The molecule has 2 aliphatic rings. The number of benzene rings is 1. The van der Waals surface area contributed by atoms with Crippen LogP contribution in [0.4, 0.5) is 0 Å². The van der Waals surface area contributed by atoms with Gasteiger partial charge < -0.3 is 5.11 Å². The third kappa shape index (κ3) is 2.79. The van der Waals surface area contributed by atoms with E-state index in [4.69, 9.17) is 0 Å². The first-order chi connectivity index (χ1) is 9.24. The summed E-state index contributed by atoms with van der Waals surface area (Å²) in [6, 6.07) is 7.52. The Hall–Kier alpha value is -1.01. The van der Waals surface area contributed by atoms with Crippen LogP contribution in [-0.4, -0.2) is 32.6 Å². The smallest absolute Gasteiger partial charge is 0.177 e. The van der Waals surface area contributed by atoms with Gasteiger partial charge in [-0.25, -0.2) is 0 Å². The van der Waals surface area contributed by atoms with Gasteiger partial charge in [-0.3, -0.25) is 10.4 Å². The van der Waals surface area contributed by atoms with Gasteiger partial charge in [0.05, 0.1) is 12.3 Å². The molecule has 0 radical (unpaired) electrons. The molecular weight excluding hydrogens is 326 g/mol. The molecular formula is C13H14BrN3OS. The Labute approximate surface area is 124 Å². The highest BCUT2D eigenvalue weighted by atomic mass is 79.9. The highest BCUT2D eigenvalue weighted by Crippen LogP contribution is 2.41. The Kier molecular flexibility index (Phi) is 3.79. The van der Waals surface area contributed by atoms with Crippen LogP contribution in [0.3, 0.4) is 0 Å². The molecule has 1 aromatic carbocycles. The fourth-order valence-corrected chi connectivity index (χ4v) is 4.45. The average Bonchev–Trinajstić information content (AvgIpc) is 2.95. The molecule has 0 amide bonds. The minimum Gasteiger partial charge on any atom is -0.507 e. The SMILES string of the molecule is Oc1ccccc1/C=N\NC1=N[C@@H]2CC[C@@H](Br)[C@@H]2S1. The van der Waals surface area contributed by atoms with E-state index in [2.05, 4.69) is 31.4 Å². The predicted molar refractivity (Wildman–Crippen MR) is 83.4 cm³/mol. The number of phenols is 1. The van der Waals surface area contributed by atoms with Gasteiger partial charge in [-0.1, -0.05) is 39.8 Å². The van der Waals surface area contributed by atoms with Gasteiger partial charge in [0.2, 0.25) is 0 Å². The summed E-state index contributed by atoms with van der Waals surface area (Å²) >= 11 is 5.44. The van der Waals surface area contributed by atoms with Crippen LogP contribution in [0.1, 0.15) is 18.4 Å². The average molecular weight is 340 g/mol. The molecule has 3 rings (SSSR count). The molecule has 0 spiro atoms. The van der Waals surface area contributed by atoms with Gasteiger partial charge >= 0.3 is 0 Å². The van der Waals surface area contributed by atoms with Gasteiger partial charge in [-0.2, -0.15) is 5.10 Å². The van der Waals surface area contributed by atoms with E-state index in [1.807, 2.05) is 12.1 Å². The number of amidine groups is 1. The monoisotopic (exact) mass is 339 g/mol. The lowest BCUT2D eigenvalue weighted by molar-refractivity contribution is 0.474. The molecule has 0 aromatic heterocycles. The first-order valence-corrected chi connectivity index (χ1v) is 7.99. The Morgan fingerprint density at radius 1 is 1.42 bits per heavy atom. The van der Waals surface area contributed by atoms with Crippen LogP contribution in [0, 0.1) is 0 Å². The number of hydrogen-bond donors (Lipinski definition) is 2. The molecule has 1 saturated carbocycles. The zero-order valence-corrected chi connectivity index (χ0v) is 12.6. The first kappa shape index (κ1) is 13.0. The molecule has 0 bridgehead atoms. The lowest BCUT2D eigenvalue weighted by atomic mass is 10.2. The van der Waals surface area contributed by atoms with E-state index >= 15 is 0 Å². The fourth-order valence-electron chi connectivity index (χ4n) is 2.31. The van der Waals surface area contributed by atoms with Crippen LogP contribution in [0.2, 0.25) is 0 Å².